The third-order valence-electron chi connectivity index (χ3n) is 11.1. The summed E-state index contributed by atoms with van der Waals surface area (Å²) in [5, 5.41) is 19.2. The molecule has 0 fully saturated rings. The van der Waals surface area contributed by atoms with E-state index in [4.69, 9.17) is 5.11 Å². The second-order valence-corrected chi connectivity index (χ2v) is 15.9. The SMILES string of the molecule is CCCCCCCCCCCCCCCCCCC(CCCCCC(=O)O)C(CCCCCCCCCCCCCCCCCC)C(=O)O. The van der Waals surface area contributed by atoms with E-state index in [1.807, 2.05) is 0 Å². The lowest BCUT2D eigenvalue weighted by atomic mass is 9.80. The summed E-state index contributed by atoms with van der Waals surface area (Å²) in [6.07, 6.45) is 48.7. The number of carboxylic acid groups (broad SMARTS) is 2. The maximum atomic E-state index is 12.4. The fourth-order valence-corrected chi connectivity index (χ4v) is 7.83. The van der Waals surface area contributed by atoms with Crippen molar-refractivity contribution in [1.29, 1.82) is 0 Å². The van der Waals surface area contributed by atoms with Crippen molar-refractivity contribution in [2.24, 2.45) is 11.8 Å². The minimum atomic E-state index is -0.725. The first kappa shape index (κ1) is 47.9. The van der Waals surface area contributed by atoms with E-state index in [-0.39, 0.29) is 18.3 Å². The van der Waals surface area contributed by atoms with Crippen molar-refractivity contribution < 1.29 is 19.8 Å². The molecule has 49 heavy (non-hydrogen) atoms. The monoisotopic (exact) mass is 693 g/mol. The van der Waals surface area contributed by atoms with Crippen LogP contribution in [0, 0.1) is 11.8 Å². The summed E-state index contributed by atoms with van der Waals surface area (Å²) in [7, 11) is 0. The van der Waals surface area contributed by atoms with Gasteiger partial charge >= 0.3 is 11.9 Å². The molecule has 2 atom stereocenters. The molecular weight excluding hydrogens is 604 g/mol. The van der Waals surface area contributed by atoms with Crippen LogP contribution in [0.15, 0.2) is 0 Å². The lowest BCUT2D eigenvalue weighted by molar-refractivity contribution is -0.144. The third kappa shape index (κ3) is 36.5. The van der Waals surface area contributed by atoms with Gasteiger partial charge in [0.25, 0.3) is 0 Å². The number of carbonyl (C=O) groups is 2. The van der Waals surface area contributed by atoms with Crippen LogP contribution in [0.25, 0.3) is 0 Å². The molecule has 2 unspecified atom stereocenters. The number of hydrogen-bond donors (Lipinski definition) is 2. The Kier molecular flexibility index (Phi) is 38.9. The van der Waals surface area contributed by atoms with Crippen LogP contribution >= 0.6 is 0 Å². The van der Waals surface area contributed by atoms with Crippen molar-refractivity contribution in [1.82, 2.24) is 0 Å². The van der Waals surface area contributed by atoms with Gasteiger partial charge in [-0.25, -0.2) is 0 Å². The molecule has 4 nitrogen and oxygen atoms in total. The van der Waals surface area contributed by atoms with E-state index in [0.717, 1.165) is 51.4 Å². The molecule has 0 radical (unpaired) electrons. The second-order valence-electron chi connectivity index (χ2n) is 15.9. The molecule has 0 aromatic rings. The molecule has 0 rings (SSSR count). The molecule has 0 saturated heterocycles. The fraction of sp³-hybridized carbons (Fsp3) is 0.956. The second kappa shape index (κ2) is 39.7. The Bertz CT molecular complexity index is 677. The summed E-state index contributed by atoms with van der Waals surface area (Å²) >= 11 is 0. The summed E-state index contributed by atoms with van der Waals surface area (Å²) in [6.45, 7) is 4.57. The Hall–Kier alpha value is -1.06. The number of hydrogen-bond acceptors (Lipinski definition) is 2. The van der Waals surface area contributed by atoms with Gasteiger partial charge in [-0.2, -0.15) is 0 Å². The summed E-state index contributed by atoms with van der Waals surface area (Å²) in [4.78, 5) is 23.3. The van der Waals surface area contributed by atoms with E-state index >= 15 is 0 Å². The quantitative estimate of drug-likeness (QED) is 0.0624. The number of carboxylic acids is 2. The summed E-state index contributed by atoms with van der Waals surface area (Å²) in [6, 6.07) is 0. The van der Waals surface area contributed by atoms with Gasteiger partial charge < -0.3 is 10.2 Å². The molecule has 0 spiro atoms. The van der Waals surface area contributed by atoms with Gasteiger partial charge in [0.15, 0.2) is 0 Å². The molecule has 0 heterocycles. The van der Waals surface area contributed by atoms with E-state index < -0.39 is 11.9 Å². The lowest BCUT2D eigenvalue weighted by Crippen LogP contribution is -2.24. The van der Waals surface area contributed by atoms with E-state index in [1.165, 1.54) is 186 Å². The highest BCUT2D eigenvalue weighted by Gasteiger charge is 2.27. The van der Waals surface area contributed by atoms with Crippen molar-refractivity contribution in [2.45, 2.75) is 264 Å². The molecular formula is C45H88O4. The zero-order valence-electron chi connectivity index (χ0n) is 33.4. The molecule has 292 valence electrons. The van der Waals surface area contributed by atoms with Crippen LogP contribution in [0.2, 0.25) is 0 Å². The number of aliphatic carboxylic acids is 2. The maximum absolute atomic E-state index is 12.4. The van der Waals surface area contributed by atoms with Crippen molar-refractivity contribution in [3.63, 3.8) is 0 Å². The average molecular weight is 693 g/mol. The van der Waals surface area contributed by atoms with Crippen molar-refractivity contribution >= 4 is 11.9 Å². The van der Waals surface area contributed by atoms with Gasteiger partial charge in [0, 0.05) is 6.42 Å². The number of unbranched alkanes of at least 4 members (excludes halogenated alkanes) is 32. The molecule has 0 saturated carbocycles. The van der Waals surface area contributed by atoms with Gasteiger partial charge in [-0.3, -0.25) is 9.59 Å². The molecule has 0 aliphatic rings. The molecule has 0 aliphatic carbocycles. The zero-order valence-corrected chi connectivity index (χ0v) is 33.4. The van der Waals surface area contributed by atoms with Crippen molar-refractivity contribution in [2.75, 3.05) is 0 Å². The van der Waals surface area contributed by atoms with Crippen LogP contribution in [0.4, 0.5) is 0 Å². The highest BCUT2D eigenvalue weighted by Crippen LogP contribution is 2.30. The average Bonchev–Trinajstić information content (AvgIpc) is 3.08. The Morgan fingerprint density at radius 1 is 0.347 bits per heavy atom. The van der Waals surface area contributed by atoms with E-state index in [9.17, 15) is 14.7 Å². The van der Waals surface area contributed by atoms with Crippen LogP contribution in [0.3, 0.4) is 0 Å². The molecule has 0 aromatic heterocycles. The first-order valence-electron chi connectivity index (χ1n) is 22.5. The van der Waals surface area contributed by atoms with Gasteiger partial charge in [-0.1, -0.05) is 232 Å². The summed E-state index contributed by atoms with van der Waals surface area (Å²) in [5.41, 5.74) is 0. The van der Waals surface area contributed by atoms with E-state index in [2.05, 4.69) is 13.8 Å². The smallest absolute Gasteiger partial charge is 0.306 e. The topological polar surface area (TPSA) is 74.6 Å². The highest BCUT2D eigenvalue weighted by molar-refractivity contribution is 5.70. The molecule has 0 bridgehead atoms. The van der Waals surface area contributed by atoms with Gasteiger partial charge in [0.1, 0.15) is 0 Å². The number of rotatable bonds is 42. The maximum Gasteiger partial charge on any atom is 0.306 e. The van der Waals surface area contributed by atoms with Gasteiger partial charge in [-0.15, -0.1) is 0 Å². The van der Waals surface area contributed by atoms with Crippen LogP contribution in [0.5, 0.6) is 0 Å². The Labute approximate surface area is 307 Å². The van der Waals surface area contributed by atoms with Gasteiger partial charge in [0.2, 0.25) is 0 Å². The van der Waals surface area contributed by atoms with Crippen LogP contribution in [-0.2, 0) is 9.59 Å². The van der Waals surface area contributed by atoms with Crippen LogP contribution in [-0.4, -0.2) is 22.2 Å². The molecule has 4 heteroatoms. The summed E-state index contributed by atoms with van der Waals surface area (Å²) in [5.74, 6) is -1.32. The first-order valence-corrected chi connectivity index (χ1v) is 22.5. The summed E-state index contributed by atoms with van der Waals surface area (Å²) < 4.78 is 0. The minimum absolute atomic E-state index is 0.228. The van der Waals surface area contributed by atoms with Crippen LogP contribution < -0.4 is 0 Å². The normalized spacial score (nSPS) is 12.8. The van der Waals surface area contributed by atoms with Crippen molar-refractivity contribution in [3.05, 3.63) is 0 Å². The fourth-order valence-electron chi connectivity index (χ4n) is 7.83. The zero-order chi connectivity index (χ0) is 35.9. The van der Waals surface area contributed by atoms with Crippen molar-refractivity contribution in [3.8, 4) is 0 Å². The van der Waals surface area contributed by atoms with E-state index in [0.29, 0.717) is 6.42 Å². The Morgan fingerprint density at radius 2 is 0.592 bits per heavy atom. The van der Waals surface area contributed by atoms with E-state index in [1.54, 1.807) is 0 Å². The largest absolute Gasteiger partial charge is 0.481 e. The first-order chi connectivity index (χ1) is 24.0. The predicted molar refractivity (Wildman–Crippen MR) is 214 cm³/mol. The predicted octanol–water partition coefficient (Wildman–Crippen LogP) is 15.6. The standard InChI is InChI=1S/C45H88O4/c1-3-5-7-9-11-13-15-17-19-21-23-25-27-29-31-34-38-42(39-35-33-37-41-44(46)47)43(45(48)49)40-36-32-30-28-26-24-22-20-18-16-14-12-10-8-6-4-2/h42-43H,3-41H2,1-2H3,(H,46,47)(H,48,49). The molecule has 0 aromatic carbocycles. The molecule has 0 amide bonds. The molecule has 2 N–H and O–H groups in total. The third-order valence-corrected chi connectivity index (χ3v) is 11.1. The Morgan fingerprint density at radius 3 is 0.857 bits per heavy atom. The lowest BCUT2D eigenvalue weighted by Gasteiger charge is -2.24. The Balaban J connectivity index is 4.12. The van der Waals surface area contributed by atoms with Crippen LogP contribution in [0.1, 0.15) is 264 Å². The van der Waals surface area contributed by atoms with Gasteiger partial charge in [-0.05, 0) is 31.6 Å². The minimum Gasteiger partial charge on any atom is -0.481 e. The highest BCUT2D eigenvalue weighted by atomic mass is 16.4. The van der Waals surface area contributed by atoms with Gasteiger partial charge in [0.05, 0.1) is 5.92 Å². The molecule has 0 aliphatic heterocycles.